The van der Waals surface area contributed by atoms with Gasteiger partial charge in [-0.25, -0.2) is 0 Å². The van der Waals surface area contributed by atoms with E-state index in [4.69, 9.17) is 0 Å². The monoisotopic (exact) mass is 319 g/mol. The summed E-state index contributed by atoms with van der Waals surface area (Å²) in [6.45, 7) is 0. The average Bonchev–Trinajstić information content (AvgIpc) is 2.64. The van der Waals surface area contributed by atoms with Crippen LogP contribution >= 0.6 is 0 Å². The molecule has 24 heavy (non-hydrogen) atoms. The summed E-state index contributed by atoms with van der Waals surface area (Å²) in [7, 11) is 2.15. The van der Waals surface area contributed by atoms with E-state index in [2.05, 4.69) is 48.4 Å². The molecule has 2 nitrogen and oxygen atoms in total. The van der Waals surface area contributed by atoms with Gasteiger partial charge in [0.05, 0.1) is 0 Å². The number of Topliss-reactive ketones (excluding diaryl/α,β-unsaturated/α-hetero) is 1. The molecular formula is C22H25NO. The lowest BCUT2D eigenvalue weighted by Crippen LogP contribution is -2.43. The van der Waals surface area contributed by atoms with Crippen molar-refractivity contribution in [1.82, 2.24) is 4.90 Å². The Labute approximate surface area is 144 Å². The molecule has 0 saturated carbocycles. The van der Waals surface area contributed by atoms with Crippen molar-refractivity contribution in [2.24, 2.45) is 0 Å². The minimum atomic E-state index is 0.250. The smallest absolute Gasteiger partial charge is 0.164 e. The highest BCUT2D eigenvalue weighted by Crippen LogP contribution is 2.26. The van der Waals surface area contributed by atoms with Gasteiger partial charge in [-0.05, 0) is 25.5 Å². The minimum Gasteiger partial charge on any atom is -0.297 e. The van der Waals surface area contributed by atoms with E-state index in [0.717, 1.165) is 18.4 Å². The van der Waals surface area contributed by atoms with Crippen LogP contribution < -0.4 is 0 Å². The molecule has 1 aliphatic heterocycles. The van der Waals surface area contributed by atoms with Crippen LogP contribution in [0.15, 0.2) is 66.7 Å². The summed E-state index contributed by atoms with van der Waals surface area (Å²) in [5.41, 5.74) is 2.06. The van der Waals surface area contributed by atoms with E-state index in [1.54, 1.807) is 0 Å². The van der Waals surface area contributed by atoms with Crippen LogP contribution in [-0.2, 0) is 0 Å². The van der Waals surface area contributed by atoms with Crippen molar-refractivity contribution >= 4 is 11.9 Å². The third kappa shape index (κ3) is 4.21. The van der Waals surface area contributed by atoms with Gasteiger partial charge in [-0.15, -0.1) is 0 Å². The summed E-state index contributed by atoms with van der Waals surface area (Å²) in [5.74, 6) is 0.250. The van der Waals surface area contributed by atoms with E-state index in [9.17, 15) is 4.79 Å². The van der Waals surface area contributed by atoms with Gasteiger partial charge in [0.2, 0.25) is 0 Å². The quantitative estimate of drug-likeness (QED) is 0.736. The van der Waals surface area contributed by atoms with Gasteiger partial charge in [0.1, 0.15) is 0 Å². The topological polar surface area (TPSA) is 20.3 Å². The molecule has 1 saturated heterocycles. The predicted octanol–water partition coefficient (Wildman–Crippen LogP) is 4.83. The van der Waals surface area contributed by atoms with Crippen LogP contribution in [0.4, 0.5) is 0 Å². The van der Waals surface area contributed by atoms with Crippen LogP contribution in [0.2, 0.25) is 0 Å². The molecule has 0 radical (unpaired) electrons. The second-order valence-electron chi connectivity index (χ2n) is 6.58. The van der Waals surface area contributed by atoms with Gasteiger partial charge in [0, 0.05) is 24.1 Å². The van der Waals surface area contributed by atoms with Gasteiger partial charge >= 0.3 is 0 Å². The Morgan fingerprint density at radius 3 is 2.42 bits per heavy atom. The number of ketones is 1. The molecule has 1 heterocycles. The van der Waals surface area contributed by atoms with Gasteiger partial charge in [-0.2, -0.15) is 0 Å². The van der Waals surface area contributed by atoms with E-state index in [1.165, 1.54) is 12.0 Å². The maximum atomic E-state index is 12.5. The molecule has 124 valence electrons. The van der Waals surface area contributed by atoms with Crippen molar-refractivity contribution in [3.8, 4) is 0 Å². The molecule has 3 rings (SSSR count). The van der Waals surface area contributed by atoms with Crippen LogP contribution in [0.1, 0.15) is 41.6 Å². The molecule has 2 atom stereocenters. The minimum absolute atomic E-state index is 0.250. The Balaban J connectivity index is 1.63. The summed E-state index contributed by atoms with van der Waals surface area (Å²) in [4.78, 5) is 14.9. The molecule has 1 aliphatic rings. The van der Waals surface area contributed by atoms with Gasteiger partial charge in [-0.3, -0.25) is 9.69 Å². The highest BCUT2D eigenvalue weighted by atomic mass is 16.1. The zero-order valence-electron chi connectivity index (χ0n) is 14.3. The number of benzene rings is 2. The second-order valence-corrected chi connectivity index (χ2v) is 6.58. The van der Waals surface area contributed by atoms with Gasteiger partial charge in [0.15, 0.2) is 5.78 Å². The van der Waals surface area contributed by atoms with Crippen molar-refractivity contribution in [2.75, 3.05) is 7.05 Å². The fourth-order valence-electron chi connectivity index (χ4n) is 3.46. The number of likely N-dealkylation sites (tertiary alicyclic amines) is 1. The van der Waals surface area contributed by atoms with Crippen LogP contribution in [0.5, 0.6) is 0 Å². The summed E-state index contributed by atoms with van der Waals surface area (Å²) in [5, 5.41) is 0. The Hall–Kier alpha value is -2.19. The number of piperidine rings is 1. The molecule has 0 unspecified atom stereocenters. The van der Waals surface area contributed by atoms with E-state index >= 15 is 0 Å². The highest BCUT2D eigenvalue weighted by molar-refractivity contribution is 5.96. The SMILES string of the molecule is CN1[C@H](CC(=O)c2ccccc2)CCC[C@@H]1/C=C/c1ccccc1. The van der Waals surface area contributed by atoms with Crippen molar-refractivity contribution in [1.29, 1.82) is 0 Å². The van der Waals surface area contributed by atoms with Crippen molar-refractivity contribution in [3.63, 3.8) is 0 Å². The Kier molecular flexibility index (Phi) is 5.60. The van der Waals surface area contributed by atoms with Crippen LogP contribution in [0.3, 0.4) is 0 Å². The van der Waals surface area contributed by atoms with E-state index in [1.807, 2.05) is 36.4 Å². The zero-order valence-corrected chi connectivity index (χ0v) is 14.3. The zero-order chi connectivity index (χ0) is 16.8. The molecule has 1 fully saturated rings. The lowest BCUT2D eigenvalue weighted by Gasteiger charge is -2.38. The predicted molar refractivity (Wildman–Crippen MR) is 100 cm³/mol. The lowest BCUT2D eigenvalue weighted by molar-refractivity contribution is 0.0863. The number of carbonyl (C=O) groups is 1. The lowest BCUT2D eigenvalue weighted by atomic mass is 9.91. The second kappa shape index (κ2) is 8.07. The molecule has 2 heteroatoms. The Morgan fingerprint density at radius 1 is 1.04 bits per heavy atom. The standard InChI is InChI=1S/C22H25NO/c1-23-20(16-15-18-9-4-2-5-10-18)13-8-14-21(23)17-22(24)19-11-6-3-7-12-19/h2-7,9-12,15-16,20-21H,8,13-14,17H2,1H3/b16-15+/t20-,21+/m1/s1. The average molecular weight is 319 g/mol. The fraction of sp³-hybridized carbons (Fsp3) is 0.318. The first-order valence-electron chi connectivity index (χ1n) is 8.77. The fourth-order valence-corrected chi connectivity index (χ4v) is 3.46. The number of rotatable bonds is 5. The van der Waals surface area contributed by atoms with Gasteiger partial charge < -0.3 is 0 Å². The molecular weight excluding hydrogens is 294 g/mol. The van der Waals surface area contributed by atoms with E-state index in [0.29, 0.717) is 18.5 Å². The first-order chi connectivity index (χ1) is 11.7. The summed E-state index contributed by atoms with van der Waals surface area (Å²) in [6.07, 6.45) is 8.54. The van der Waals surface area contributed by atoms with Crippen LogP contribution in [0.25, 0.3) is 6.08 Å². The molecule has 0 aromatic heterocycles. The molecule has 2 aromatic carbocycles. The molecule has 0 spiro atoms. The van der Waals surface area contributed by atoms with Gasteiger partial charge in [0.25, 0.3) is 0 Å². The van der Waals surface area contributed by atoms with E-state index < -0.39 is 0 Å². The van der Waals surface area contributed by atoms with Crippen molar-refractivity contribution < 1.29 is 4.79 Å². The summed E-state index contributed by atoms with van der Waals surface area (Å²) >= 11 is 0. The summed E-state index contributed by atoms with van der Waals surface area (Å²) in [6, 6.07) is 20.8. The molecule has 0 aliphatic carbocycles. The maximum absolute atomic E-state index is 12.5. The first kappa shape index (κ1) is 16.7. The first-order valence-corrected chi connectivity index (χ1v) is 8.77. The highest BCUT2D eigenvalue weighted by Gasteiger charge is 2.27. The van der Waals surface area contributed by atoms with E-state index in [-0.39, 0.29) is 5.78 Å². The number of hydrogen-bond acceptors (Lipinski definition) is 2. The van der Waals surface area contributed by atoms with Crippen molar-refractivity contribution in [2.45, 2.75) is 37.8 Å². The number of likely N-dealkylation sites (N-methyl/N-ethyl adjacent to an activating group) is 1. The van der Waals surface area contributed by atoms with Crippen molar-refractivity contribution in [3.05, 3.63) is 77.9 Å². The van der Waals surface area contributed by atoms with Crippen LogP contribution in [0, 0.1) is 0 Å². The van der Waals surface area contributed by atoms with Gasteiger partial charge in [-0.1, -0.05) is 79.2 Å². The third-order valence-electron chi connectivity index (χ3n) is 4.96. The molecule has 0 amide bonds. The molecule has 0 N–H and O–H groups in total. The largest absolute Gasteiger partial charge is 0.297 e. The van der Waals surface area contributed by atoms with Crippen LogP contribution in [-0.4, -0.2) is 29.8 Å². The number of nitrogens with zero attached hydrogens (tertiary/aromatic N) is 1. The Bertz CT molecular complexity index is 678. The number of hydrogen-bond donors (Lipinski definition) is 0. The maximum Gasteiger partial charge on any atom is 0.164 e. The number of carbonyl (C=O) groups excluding carboxylic acids is 1. The molecule has 0 bridgehead atoms. The normalized spacial score (nSPS) is 21.9. The molecule has 2 aromatic rings. The summed E-state index contributed by atoms with van der Waals surface area (Å²) < 4.78 is 0. The third-order valence-corrected chi connectivity index (χ3v) is 4.96. The Morgan fingerprint density at radius 2 is 1.71 bits per heavy atom.